The van der Waals surface area contributed by atoms with Gasteiger partial charge in [-0.05, 0) is 19.5 Å². The lowest BCUT2D eigenvalue weighted by molar-refractivity contribution is -0.0786. The van der Waals surface area contributed by atoms with E-state index in [0.29, 0.717) is 0 Å². The van der Waals surface area contributed by atoms with Crippen LogP contribution in [0.15, 0.2) is 12.3 Å². The van der Waals surface area contributed by atoms with Gasteiger partial charge in [0.2, 0.25) is 0 Å². The summed E-state index contributed by atoms with van der Waals surface area (Å²) in [5.74, 6) is 0.922. The van der Waals surface area contributed by atoms with Gasteiger partial charge in [-0.15, -0.1) is 0 Å². The summed E-state index contributed by atoms with van der Waals surface area (Å²) in [7, 11) is 0. The molecule has 0 aromatic rings. The van der Waals surface area contributed by atoms with Crippen LogP contribution in [0.25, 0.3) is 0 Å². The molecule has 2 saturated heterocycles. The van der Waals surface area contributed by atoms with E-state index in [1.807, 2.05) is 0 Å². The molecule has 1 spiro atoms. The Morgan fingerprint density at radius 2 is 2.54 bits per heavy atom. The Hall–Kier alpha value is -0.540. The molecule has 0 saturated carbocycles. The second-order valence-corrected chi connectivity index (χ2v) is 3.88. The first-order chi connectivity index (χ1) is 6.27. The lowest BCUT2D eigenvalue weighted by Gasteiger charge is -2.39. The zero-order chi connectivity index (χ0) is 9.31. The number of hydrogen-bond acceptors (Lipinski definition) is 3. The average Bonchev–Trinajstić information content (AvgIpc) is 2.43. The molecule has 0 aromatic carbocycles. The molecule has 1 N–H and O–H groups in total. The van der Waals surface area contributed by atoms with Crippen molar-refractivity contribution in [2.45, 2.75) is 25.5 Å². The molecular weight excluding hydrogens is 164 g/mol. The second-order valence-electron chi connectivity index (χ2n) is 3.88. The maximum atomic E-state index is 5.86. The van der Waals surface area contributed by atoms with Crippen LogP contribution in [0.5, 0.6) is 0 Å². The zero-order valence-corrected chi connectivity index (χ0v) is 8.31. The Balaban J connectivity index is 2.13. The Labute approximate surface area is 79.7 Å². The highest BCUT2D eigenvalue weighted by Crippen LogP contribution is 2.33. The average molecular weight is 182 g/mol. The fourth-order valence-corrected chi connectivity index (χ4v) is 2.34. The van der Waals surface area contributed by atoms with Gasteiger partial charge in [-0.3, -0.25) is 4.90 Å². The molecule has 0 amide bonds. The van der Waals surface area contributed by atoms with E-state index in [4.69, 9.17) is 4.74 Å². The van der Waals surface area contributed by atoms with Gasteiger partial charge in [-0.2, -0.15) is 0 Å². The monoisotopic (exact) mass is 182 g/mol. The van der Waals surface area contributed by atoms with Gasteiger partial charge >= 0.3 is 0 Å². The van der Waals surface area contributed by atoms with Gasteiger partial charge in [0, 0.05) is 13.0 Å². The Morgan fingerprint density at radius 1 is 1.69 bits per heavy atom. The van der Waals surface area contributed by atoms with Crippen LogP contribution in [0.4, 0.5) is 0 Å². The molecule has 2 rings (SSSR count). The van der Waals surface area contributed by atoms with E-state index < -0.39 is 0 Å². The predicted octanol–water partition coefficient (Wildman–Crippen LogP) is 0.932. The number of rotatable bonds is 1. The van der Waals surface area contributed by atoms with Gasteiger partial charge in [-0.25, -0.2) is 0 Å². The van der Waals surface area contributed by atoms with Crippen molar-refractivity contribution < 1.29 is 4.74 Å². The number of ether oxygens (including phenoxy) is 1. The summed E-state index contributed by atoms with van der Waals surface area (Å²) >= 11 is 0. The van der Waals surface area contributed by atoms with Crippen LogP contribution in [-0.4, -0.2) is 36.8 Å². The Morgan fingerprint density at radius 3 is 3.15 bits per heavy atom. The first kappa shape index (κ1) is 9.03. The van der Waals surface area contributed by atoms with E-state index in [9.17, 15) is 0 Å². The molecule has 3 nitrogen and oxygen atoms in total. The maximum Gasteiger partial charge on any atom is 0.175 e. The molecule has 1 unspecified atom stereocenters. The molecule has 74 valence electrons. The fraction of sp³-hybridized carbons (Fsp3) is 0.800. The molecule has 0 radical (unpaired) electrons. The van der Waals surface area contributed by atoms with Crippen molar-refractivity contribution in [2.75, 3.05) is 26.2 Å². The fourth-order valence-electron chi connectivity index (χ4n) is 2.34. The number of hydrogen-bond donors (Lipinski definition) is 1. The van der Waals surface area contributed by atoms with Crippen molar-refractivity contribution in [1.29, 1.82) is 0 Å². The SMILES string of the molecule is C=C1CN(CC)C2(CCCNC2)O1. The minimum atomic E-state index is -0.0654. The van der Waals surface area contributed by atoms with Crippen molar-refractivity contribution in [2.24, 2.45) is 0 Å². The minimum absolute atomic E-state index is 0.0654. The number of piperidine rings is 1. The first-order valence-electron chi connectivity index (χ1n) is 5.09. The molecule has 0 aliphatic carbocycles. The first-order valence-corrected chi connectivity index (χ1v) is 5.09. The standard InChI is InChI=1S/C10H18N2O/c1-3-12-7-9(2)13-10(12)5-4-6-11-8-10/h11H,2-8H2,1H3. The van der Waals surface area contributed by atoms with Crippen molar-refractivity contribution in [3.63, 3.8) is 0 Å². The molecule has 3 heteroatoms. The molecule has 1 atom stereocenters. The summed E-state index contributed by atoms with van der Waals surface area (Å²) in [6, 6.07) is 0. The predicted molar refractivity (Wildman–Crippen MR) is 52.3 cm³/mol. The van der Waals surface area contributed by atoms with Crippen LogP contribution in [-0.2, 0) is 4.74 Å². The van der Waals surface area contributed by atoms with Crippen LogP contribution in [0, 0.1) is 0 Å². The quantitative estimate of drug-likeness (QED) is 0.653. The summed E-state index contributed by atoms with van der Waals surface area (Å²) in [6.45, 7) is 10.1. The van der Waals surface area contributed by atoms with E-state index in [0.717, 1.165) is 38.4 Å². The molecule has 2 aliphatic rings. The molecule has 2 aliphatic heterocycles. The van der Waals surface area contributed by atoms with Crippen LogP contribution < -0.4 is 5.32 Å². The van der Waals surface area contributed by atoms with Crippen LogP contribution >= 0.6 is 0 Å². The molecule has 2 fully saturated rings. The van der Waals surface area contributed by atoms with Crippen molar-refractivity contribution in [1.82, 2.24) is 10.2 Å². The third-order valence-electron chi connectivity index (χ3n) is 2.98. The van der Waals surface area contributed by atoms with E-state index in [-0.39, 0.29) is 5.72 Å². The van der Waals surface area contributed by atoms with Crippen molar-refractivity contribution in [3.8, 4) is 0 Å². The third-order valence-corrected chi connectivity index (χ3v) is 2.98. The molecule has 13 heavy (non-hydrogen) atoms. The van der Waals surface area contributed by atoms with Crippen LogP contribution in [0.2, 0.25) is 0 Å². The minimum Gasteiger partial charge on any atom is -0.475 e. The zero-order valence-electron chi connectivity index (χ0n) is 8.31. The number of likely N-dealkylation sites (N-methyl/N-ethyl adjacent to an activating group) is 1. The Bertz CT molecular complexity index is 209. The van der Waals surface area contributed by atoms with Gasteiger partial charge in [0.1, 0.15) is 5.76 Å². The summed E-state index contributed by atoms with van der Waals surface area (Å²) in [5, 5.41) is 3.39. The molecule has 0 bridgehead atoms. The van der Waals surface area contributed by atoms with Gasteiger partial charge in [0.05, 0.1) is 6.54 Å². The topological polar surface area (TPSA) is 24.5 Å². The number of nitrogens with zero attached hydrogens (tertiary/aromatic N) is 1. The van der Waals surface area contributed by atoms with Gasteiger partial charge in [0.15, 0.2) is 5.72 Å². The highest BCUT2D eigenvalue weighted by Gasteiger charge is 2.44. The lowest BCUT2D eigenvalue weighted by Crippen LogP contribution is -2.55. The molecular formula is C10H18N2O. The maximum absolute atomic E-state index is 5.86. The van der Waals surface area contributed by atoms with Crippen molar-refractivity contribution >= 4 is 0 Å². The largest absolute Gasteiger partial charge is 0.475 e. The van der Waals surface area contributed by atoms with Gasteiger partial charge < -0.3 is 10.1 Å². The van der Waals surface area contributed by atoms with Gasteiger partial charge in [-0.1, -0.05) is 13.5 Å². The van der Waals surface area contributed by atoms with E-state index in [1.54, 1.807) is 0 Å². The van der Waals surface area contributed by atoms with Crippen molar-refractivity contribution in [3.05, 3.63) is 12.3 Å². The second kappa shape index (κ2) is 3.31. The summed E-state index contributed by atoms with van der Waals surface area (Å²) in [4.78, 5) is 2.38. The van der Waals surface area contributed by atoms with Crippen LogP contribution in [0.3, 0.4) is 0 Å². The van der Waals surface area contributed by atoms with Crippen LogP contribution in [0.1, 0.15) is 19.8 Å². The highest BCUT2D eigenvalue weighted by molar-refractivity contribution is 5.03. The smallest absolute Gasteiger partial charge is 0.175 e. The summed E-state index contributed by atoms with van der Waals surface area (Å²) in [5.41, 5.74) is -0.0654. The number of nitrogens with one attached hydrogen (secondary N) is 1. The van der Waals surface area contributed by atoms with E-state index in [1.165, 1.54) is 6.42 Å². The Kier molecular flexibility index (Phi) is 2.30. The van der Waals surface area contributed by atoms with E-state index in [2.05, 4.69) is 23.7 Å². The third kappa shape index (κ3) is 1.46. The highest BCUT2D eigenvalue weighted by atomic mass is 16.5. The molecule has 2 heterocycles. The molecule has 0 aromatic heterocycles. The summed E-state index contributed by atoms with van der Waals surface area (Å²) in [6.07, 6.45) is 2.33. The van der Waals surface area contributed by atoms with E-state index >= 15 is 0 Å². The normalized spacial score (nSPS) is 35.3. The lowest BCUT2D eigenvalue weighted by atomic mass is 10.0. The summed E-state index contributed by atoms with van der Waals surface area (Å²) < 4.78 is 5.86. The van der Waals surface area contributed by atoms with Gasteiger partial charge in [0.25, 0.3) is 0 Å².